The summed E-state index contributed by atoms with van der Waals surface area (Å²) in [6.45, 7) is 6.62. The first kappa shape index (κ1) is 19.0. The van der Waals surface area contributed by atoms with E-state index < -0.39 is 9.84 Å². The van der Waals surface area contributed by atoms with Crippen molar-refractivity contribution in [2.24, 2.45) is 0 Å². The fraction of sp³-hybridized carbons (Fsp3) is 0.250. The largest absolute Gasteiger partial charge is 0.493 e. The smallest absolute Gasteiger partial charge is 0.233 e. The number of para-hydroxylation sites is 1. The highest BCUT2D eigenvalue weighted by molar-refractivity contribution is 7.91. The van der Waals surface area contributed by atoms with Gasteiger partial charge in [-0.05, 0) is 45.0 Å². The van der Waals surface area contributed by atoms with Crippen molar-refractivity contribution in [3.63, 3.8) is 0 Å². The van der Waals surface area contributed by atoms with Gasteiger partial charge in [0, 0.05) is 6.54 Å². The van der Waals surface area contributed by atoms with E-state index in [9.17, 15) is 8.42 Å². The molecular weight excluding hydrogens is 364 g/mol. The minimum absolute atomic E-state index is 0.124. The third-order valence-corrected chi connectivity index (χ3v) is 5.62. The van der Waals surface area contributed by atoms with E-state index in [0.29, 0.717) is 24.5 Å². The van der Waals surface area contributed by atoms with Gasteiger partial charge in [0.15, 0.2) is 0 Å². The number of nitrogens with one attached hydrogen (secondary N) is 1. The Balaban J connectivity index is 2.13. The molecule has 6 nitrogen and oxygen atoms in total. The van der Waals surface area contributed by atoms with Gasteiger partial charge < -0.3 is 14.5 Å². The Labute approximate surface area is 159 Å². The van der Waals surface area contributed by atoms with Gasteiger partial charge in [0.2, 0.25) is 26.6 Å². The zero-order valence-corrected chi connectivity index (χ0v) is 16.3. The predicted molar refractivity (Wildman–Crippen MR) is 104 cm³/mol. The molecule has 27 heavy (non-hydrogen) atoms. The molecule has 0 bridgehead atoms. The lowest BCUT2D eigenvalue weighted by atomic mass is 10.2. The van der Waals surface area contributed by atoms with E-state index in [1.807, 2.05) is 32.9 Å². The number of ether oxygens (including phenoxy) is 1. The van der Waals surface area contributed by atoms with Crippen LogP contribution < -0.4 is 10.1 Å². The molecule has 0 atom stereocenters. The van der Waals surface area contributed by atoms with Crippen LogP contribution >= 0.6 is 0 Å². The Bertz CT molecular complexity index is 1020. The Kier molecular flexibility index (Phi) is 5.51. The Morgan fingerprint density at radius 3 is 2.44 bits per heavy atom. The number of hydrogen-bond donors (Lipinski definition) is 1. The molecule has 7 heteroatoms. The standard InChI is InChI=1S/C20H22N2O4S/c1-4-21-19-20(27(23,24)15-12-10-14(3)11-13-15)22-18(26-19)16-8-6-7-9-17(16)25-5-2/h6-13,21H,4-5H2,1-3H3. The van der Waals surface area contributed by atoms with Gasteiger partial charge in [-0.2, -0.15) is 4.98 Å². The number of aryl methyl sites for hydroxylation is 1. The van der Waals surface area contributed by atoms with E-state index in [2.05, 4.69) is 10.3 Å². The number of aromatic nitrogens is 1. The minimum Gasteiger partial charge on any atom is -0.493 e. The van der Waals surface area contributed by atoms with E-state index >= 15 is 0 Å². The molecule has 0 unspecified atom stereocenters. The van der Waals surface area contributed by atoms with E-state index in [-0.39, 0.29) is 21.7 Å². The van der Waals surface area contributed by atoms with Crippen molar-refractivity contribution >= 4 is 15.7 Å². The van der Waals surface area contributed by atoms with Crippen LogP contribution in [-0.4, -0.2) is 26.6 Å². The fourth-order valence-electron chi connectivity index (χ4n) is 2.63. The molecule has 0 aliphatic heterocycles. The summed E-state index contributed by atoms with van der Waals surface area (Å²) in [5.41, 5.74) is 1.58. The van der Waals surface area contributed by atoms with Crippen molar-refractivity contribution < 1.29 is 17.6 Å². The van der Waals surface area contributed by atoms with Crippen LogP contribution in [0.1, 0.15) is 19.4 Å². The predicted octanol–water partition coefficient (Wildman–Crippen LogP) is 4.31. The van der Waals surface area contributed by atoms with Crippen molar-refractivity contribution in [1.82, 2.24) is 4.98 Å². The maximum absolute atomic E-state index is 13.1. The molecule has 2 aromatic carbocycles. The van der Waals surface area contributed by atoms with Gasteiger partial charge in [-0.15, -0.1) is 0 Å². The summed E-state index contributed by atoms with van der Waals surface area (Å²) in [7, 11) is -3.83. The van der Waals surface area contributed by atoms with Crippen LogP contribution in [0.2, 0.25) is 0 Å². The number of rotatable bonds is 7. The molecule has 1 N–H and O–H groups in total. The molecule has 142 valence electrons. The van der Waals surface area contributed by atoms with Crippen LogP contribution in [0.15, 0.2) is 62.9 Å². The molecule has 0 saturated heterocycles. The third kappa shape index (κ3) is 3.83. The molecule has 0 fully saturated rings. The molecule has 0 aliphatic carbocycles. The van der Waals surface area contributed by atoms with Gasteiger partial charge in [0.25, 0.3) is 0 Å². The number of hydrogen-bond acceptors (Lipinski definition) is 6. The summed E-state index contributed by atoms with van der Waals surface area (Å²) in [5.74, 6) is 0.906. The maximum Gasteiger partial charge on any atom is 0.233 e. The highest BCUT2D eigenvalue weighted by atomic mass is 32.2. The first-order valence-electron chi connectivity index (χ1n) is 8.76. The van der Waals surface area contributed by atoms with Crippen LogP contribution in [0.3, 0.4) is 0 Å². The van der Waals surface area contributed by atoms with Gasteiger partial charge >= 0.3 is 0 Å². The molecule has 0 spiro atoms. The van der Waals surface area contributed by atoms with Gasteiger partial charge in [-0.25, -0.2) is 8.42 Å². The Morgan fingerprint density at radius 2 is 1.78 bits per heavy atom. The number of benzene rings is 2. The zero-order chi connectivity index (χ0) is 19.4. The van der Waals surface area contributed by atoms with Crippen LogP contribution in [0.4, 0.5) is 5.88 Å². The SMILES string of the molecule is CCNc1oc(-c2ccccc2OCC)nc1S(=O)(=O)c1ccc(C)cc1. The quantitative estimate of drug-likeness (QED) is 0.651. The average molecular weight is 386 g/mol. The molecule has 1 aromatic heterocycles. The molecule has 0 aliphatic rings. The first-order valence-corrected chi connectivity index (χ1v) is 10.2. The van der Waals surface area contributed by atoms with Gasteiger partial charge in [0.1, 0.15) is 5.75 Å². The lowest BCUT2D eigenvalue weighted by Crippen LogP contribution is -2.07. The topological polar surface area (TPSA) is 81.4 Å². The number of oxazole rings is 1. The van der Waals surface area contributed by atoms with E-state index in [1.165, 1.54) is 0 Å². The molecule has 3 rings (SSSR count). The van der Waals surface area contributed by atoms with Crippen LogP contribution in [-0.2, 0) is 9.84 Å². The second kappa shape index (κ2) is 7.84. The number of sulfone groups is 1. The van der Waals surface area contributed by atoms with Crippen LogP contribution in [0.5, 0.6) is 5.75 Å². The summed E-state index contributed by atoms with van der Waals surface area (Å²) >= 11 is 0. The Morgan fingerprint density at radius 1 is 1.07 bits per heavy atom. The van der Waals surface area contributed by atoms with Crippen molar-refractivity contribution in [1.29, 1.82) is 0 Å². The summed E-state index contributed by atoms with van der Waals surface area (Å²) in [4.78, 5) is 4.49. The molecule has 0 amide bonds. The highest BCUT2D eigenvalue weighted by Gasteiger charge is 2.29. The molecule has 1 heterocycles. The fourth-order valence-corrected chi connectivity index (χ4v) is 3.91. The van der Waals surface area contributed by atoms with Gasteiger partial charge in [-0.3, -0.25) is 0 Å². The van der Waals surface area contributed by atoms with Crippen LogP contribution in [0.25, 0.3) is 11.5 Å². The molecule has 0 radical (unpaired) electrons. The monoisotopic (exact) mass is 386 g/mol. The second-order valence-corrected chi connectivity index (χ2v) is 7.79. The lowest BCUT2D eigenvalue weighted by molar-refractivity contribution is 0.340. The van der Waals surface area contributed by atoms with E-state index in [0.717, 1.165) is 5.56 Å². The van der Waals surface area contributed by atoms with Crippen molar-refractivity contribution in [2.75, 3.05) is 18.5 Å². The van der Waals surface area contributed by atoms with Crippen LogP contribution in [0, 0.1) is 6.92 Å². The zero-order valence-electron chi connectivity index (χ0n) is 15.5. The normalized spacial score (nSPS) is 11.4. The highest BCUT2D eigenvalue weighted by Crippen LogP contribution is 2.36. The lowest BCUT2D eigenvalue weighted by Gasteiger charge is -2.06. The minimum atomic E-state index is -3.83. The first-order chi connectivity index (χ1) is 13.0. The van der Waals surface area contributed by atoms with Gasteiger partial charge in [0.05, 0.1) is 17.1 Å². The summed E-state index contributed by atoms with van der Waals surface area (Å²) in [6, 6.07) is 13.9. The molecule has 0 saturated carbocycles. The average Bonchev–Trinajstić information content (AvgIpc) is 3.08. The van der Waals surface area contributed by atoms with Crippen molar-refractivity contribution in [3.8, 4) is 17.2 Å². The van der Waals surface area contributed by atoms with Crippen molar-refractivity contribution in [2.45, 2.75) is 30.7 Å². The van der Waals surface area contributed by atoms with Crippen molar-refractivity contribution in [3.05, 3.63) is 54.1 Å². The summed E-state index contributed by atoms with van der Waals surface area (Å²) in [6.07, 6.45) is 0. The molecular formula is C20H22N2O4S. The van der Waals surface area contributed by atoms with Gasteiger partial charge in [-0.1, -0.05) is 29.8 Å². The second-order valence-electron chi connectivity index (χ2n) is 5.93. The third-order valence-electron chi connectivity index (χ3n) is 3.94. The molecule has 3 aromatic rings. The number of anilines is 1. The Hall–Kier alpha value is -2.80. The van der Waals surface area contributed by atoms with E-state index in [1.54, 1.807) is 36.4 Å². The maximum atomic E-state index is 13.1. The van der Waals surface area contributed by atoms with E-state index in [4.69, 9.17) is 9.15 Å². The summed E-state index contributed by atoms with van der Waals surface area (Å²) < 4.78 is 37.6. The number of nitrogens with zero attached hydrogens (tertiary/aromatic N) is 1. The summed E-state index contributed by atoms with van der Waals surface area (Å²) in [5, 5.41) is 2.83.